The molecule has 0 aliphatic rings. The minimum Gasteiger partial charge on any atom is -0.456 e. The van der Waals surface area contributed by atoms with Crippen molar-refractivity contribution in [1.29, 1.82) is 0 Å². The number of nitrogens with one attached hydrogen (secondary N) is 1. The fraction of sp³-hybridized carbons (Fsp3) is 0.136. The van der Waals surface area contributed by atoms with Crippen molar-refractivity contribution in [2.75, 3.05) is 0 Å². The van der Waals surface area contributed by atoms with Gasteiger partial charge in [0.1, 0.15) is 12.3 Å². The number of ether oxygens (including phenoxy) is 1. The van der Waals surface area contributed by atoms with E-state index >= 15 is 0 Å². The number of hydrogen-bond donors (Lipinski definition) is 2. The van der Waals surface area contributed by atoms with Crippen LogP contribution in [0.15, 0.2) is 71.6 Å². The van der Waals surface area contributed by atoms with Crippen LogP contribution in [-0.4, -0.2) is 27.8 Å². The van der Waals surface area contributed by atoms with E-state index in [2.05, 4.69) is 15.0 Å². The molecular weight excluding hydrogens is 445 g/mol. The highest BCUT2D eigenvalue weighted by atomic mass is 35.5. The number of H-pyrrole nitrogens is 1. The second-order valence-corrected chi connectivity index (χ2v) is 7.08. The number of alkyl halides is 3. The molecule has 3 rings (SSSR count). The average Bonchev–Trinajstić information content (AvgIpc) is 3.17. The minimum absolute atomic E-state index is 0.0139. The number of nitrogens with zero attached hydrogens (tertiary/aromatic N) is 2. The first-order chi connectivity index (χ1) is 15.1. The van der Waals surface area contributed by atoms with Crippen LogP contribution in [0.25, 0.3) is 0 Å². The molecule has 2 aromatic carbocycles. The van der Waals surface area contributed by atoms with Crippen molar-refractivity contribution >= 4 is 29.0 Å². The first kappa shape index (κ1) is 23.1. The molecule has 0 saturated heterocycles. The number of halogens is 4. The van der Waals surface area contributed by atoms with Gasteiger partial charge in [-0.05, 0) is 37.3 Å². The van der Waals surface area contributed by atoms with Crippen LogP contribution >= 0.6 is 11.6 Å². The van der Waals surface area contributed by atoms with Gasteiger partial charge in [-0.3, -0.25) is 0 Å². The van der Waals surface area contributed by atoms with Crippen LogP contribution in [0.3, 0.4) is 0 Å². The van der Waals surface area contributed by atoms with Gasteiger partial charge < -0.3 is 15.5 Å². The predicted octanol–water partition coefficient (Wildman–Crippen LogP) is 5.25. The van der Waals surface area contributed by atoms with Gasteiger partial charge >= 0.3 is 12.1 Å². The van der Waals surface area contributed by atoms with E-state index in [1.165, 1.54) is 30.6 Å². The van der Waals surface area contributed by atoms with Crippen LogP contribution < -0.4 is 5.73 Å². The maximum Gasteiger partial charge on any atom is 0.430 e. The van der Waals surface area contributed by atoms with Gasteiger partial charge in [0.2, 0.25) is 0 Å². The van der Waals surface area contributed by atoms with Crippen molar-refractivity contribution in [3.63, 3.8) is 0 Å². The summed E-state index contributed by atoms with van der Waals surface area (Å²) in [4.78, 5) is 23.5. The Kier molecular flexibility index (Phi) is 6.99. The number of carbonyl (C=O) groups excluding carboxylic acids is 1. The number of rotatable bonds is 6. The van der Waals surface area contributed by atoms with Gasteiger partial charge in [-0.25, -0.2) is 14.8 Å². The monoisotopic (exact) mass is 462 g/mol. The molecule has 0 unspecified atom stereocenters. The molecule has 0 atom stereocenters. The Hall–Kier alpha value is -3.59. The number of para-hydroxylation sites is 1. The van der Waals surface area contributed by atoms with Gasteiger partial charge in [-0.1, -0.05) is 35.9 Å². The number of esters is 1. The zero-order chi connectivity index (χ0) is 23.3. The molecular formula is C22H18ClF3N4O2. The van der Waals surface area contributed by atoms with Gasteiger partial charge in [0, 0.05) is 11.3 Å². The lowest BCUT2D eigenvalue weighted by atomic mass is 10.1. The lowest BCUT2D eigenvalue weighted by Crippen LogP contribution is -2.21. The number of nitrogens with two attached hydrogens (primary N) is 1. The normalized spacial score (nSPS) is 12.7. The highest BCUT2D eigenvalue weighted by Crippen LogP contribution is 2.27. The number of benzene rings is 2. The third kappa shape index (κ3) is 5.76. The number of allylic oxidation sites excluding steroid dienone is 2. The third-order valence-electron chi connectivity index (χ3n) is 4.40. The SMILES string of the molecule is Cc1[nH]cnc1COC(=O)c1ccc(C(/C=C(\N)C(F)(F)F)=Nc2ccccc2Cl)cc1. The Bertz CT molecular complexity index is 1170. The topological polar surface area (TPSA) is 93.4 Å². The Balaban J connectivity index is 1.88. The van der Waals surface area contributed by atoms with Gasteiger partial charge in [-0.2, -0.15) is 13.2 Å². The lowest BCUT2D eigenvalue weighted by Gasteiger charge is -2.10. The van der Waals surface area contributed by atoms with Crippen molar-refractivity contribution < 1.29 is 22.7 Å². The number of imidazole rings is 1. The highest BCUT2D eigenvalue weighted by molar-refractivity contribution is 6.33. The van der Waals surface area contributed by atoms with Crippen LogP contribution in [0.4, 0.5) is 18.9 Å². The number of hydrogen-bond acceptors (Lipinski definition) is 5. The van der Waals surface area contributed by atoms with E-state index in [0.717, 1.165) is 11.8 Å². The molecule has 32 heavy (non-hydrogen) atoms. The molecule has 3 N–H and O–H groups in total. The summed E-state index contributed by atoms with van der Waals surface area (Å²) in [5.74, 6) is -0.603. The van der Waals surface area contributed by atoms with Crippen molar-refractivity contribution in [2.45, 2.75) is 19.7 Å². The molecule has 10 heteroatoms. The Morgan fingerprint density at radius 2 is 1.84 bits per heavy atom. The molecule has 0 amide bonds. The molecule has 0 aliphatic carbocycles. The maximum atomic E-state index is 13.0. The summed E-state index contributed by atoms with van der Waals surface area (Å²) >= 11 is 6.09. The fourth-order valence-electron chi connectivity index (χ4n) is 2.61. The molecule has 0 fully saturated rings. The van der Waals surface area contributed by atoms with Crippen LogP contribution in [0.1, 0.15) is 27.3 Å². The van der Waals surface area contributed by atoms with Crippen molar-refractivity contribution in [2.24, 2.45) is 10.7 Å². The summed E-state index contributed by atoms with van der Waals surface area (Å²) in [6.07, 6.45) is -2.51. The van der Waals surface area contributed by atoms with E-state index in [4.69, 9.17) is 22.1 Å². The number of aliphatic imine (C=N–C) groups is 1. The fourth-order valence-corrected chi connectivity index (χ4v) is 2.79. The molecule has 1 aromatic heterocycles. The minimum atomic E-state index is -4.73. The molecule has 0 spiro atoms. The molecule has 3 aromatic rings. The highest BCUT2D eigenvalue weighted by Gasteiger charge is 2.31. The number of aryl methyl sites for hydroxylation is 1. The molecule has 0 radical (unpaired) electrons. The zero-order valence-electron chi connectivity index (χ0n) is 16.8. The summed E-state index contributed by atoms with van der Waals surface area (Å²) < 4.78 is 44.2. The Morgan fingerprint density at radius 1 is 1.19 bits per heavy atom. The standard InChI is InChI=1S/C22H18ClF3N4O2/c1-13-19(29-12-28-13)11-32-21(31)15-8-6-14(7-9-15)18(10-20(27)22(24,25)26)30-17-5-3-2-4-16(17)23/h2-10,12H,11,27H2,1H3,(H,28,29)/b20-10-,30-18?. The smallest absolute Gasteiger partial charge is 0.430 e. The largest absolute Gasteiger partial charge is 0.456 e. The van der Waals surface area contributed by atoms with Crippen molar-refractivity contribution in [1.82, 2.24) is 9.97 Å². The first-order valence-electron chi connectivity index (χ1n) is 9.29. The van der Waals surface area contributed by atoms with Gasteiger partial charge in [0.15, 0.2) is 0 Å². The molecule has 0 saturated carbocycles. The van der Waals surface area contributed by atoms with Crippen LogP contribution in [0, 0.1) is 6.92 Å². The first-order valence-corrected chi connectivity index (χ1v) is 9.67. The third-order valence-corrected chi connectivity index (χ3v) is 4.72. The van der Waals surface area contributed by atoms with E-state index in [9.17, 15) is 18.0 Å². The van der Waals surface area contributed by atoms with Gasteiger partial charge in [0.25, 0.3) is 0 Å². The van der Waals surface area contributed by atoms with Crippen LogP contribution in [0.2, 0.25) is 5.02 Å². The molecule has 0 bridgehead atoms. The van der Waals surface area contributed by atoms with Crippen molar-refractivity contribution in [3.05, 3.63) is 94.2 Å². The van der Waals surface area contributed by atoms with E-state index in [0.29, 0.717) is 11.3 Å². The van der Waals surface area contributed by atoms with Crippen LogP contribution in [0.5, 0.6) is 0 Å². The summed E-state index contributed by atoms with van der Waals surface area (Å²) in [6.45, 7) is 1.78. The Morgan fingerprint density at radius 3 is 2.44 bits per heavy atom. The summed E-state index contributed by atoms with van der Waals surface area (Å²) in [5, 5.41) is 0.262. The van der Waals surface area contributed by atoms with Crippen molar-refractivity contribution in [3.8, 4) is 0 Å². The van der Waals surface area contributed by atoms with Crippen LogP contribution in [-0.2, 0) is 11.3 Å². The molecule has 6 nitrogen and oxygen atoms in total. The Labute approximate surface area is 186 Å². The zero-order valence-corrected chi connectivity index (χ0v) is 17.5. The van der Waals surface area contributed by atoms with E-state index in [1.54, 1.807) is 31.2 Å². The maximum absolute atomic E-state index is 13.0. The van der Waals surface area contributed by atoms with Gasteiger partial charge in [-0.15, -0.1) is 0 Å². The predicted molar refractivity (Wildman–Crippen MR) is 115 cm³/mol. The number of aromatic nitrogens is 2. The summed E-state index contributed by atoms with van der Waals surface area (Å²) in [7, 11) is 0. The summed E-state index contributed by atoms with van der Waals surface area (Å²) in [6, 6.07) is 12.2. The molecule has 166 valence electrons. The molecule has 1 heterocycles. The average molecular weight is 463 g/mol. The second-order valence-electron chi connectivity index (χ2n) is 6.67. The van der Waals surface area contributed by atoms with E-state index < -0.39 is 17.8 Å². The number of aromatic amines is 1. The van der Waals surface area contributed by atoms with E-state index in [-0.39, 0.29) is 28.6 Å². The molecule has 0 aliphatic heterocycles. The van der Waals surface area contributed by atoms with E-state index in [1.807, 2.05) is 0 Å². The summed E-state index contributed by atoms with van der Waals surface area (Å²) in [5.41, 5.74) is 5.97. The lowest BCUT2D eigenvalue weighted by molar-refractivity contribution is -0.0925. The van der Waals surface area contributed by atoms with Gasteiger partial charge in [0.05, 0.1) is 34.0 Å². The second kappa shape index (κ2) is 9.69. The number of carbonyl (C=O) groups is 1. The quantitative estimate of drug-likeness (QED) is 0.386.